The maximum Gasteiger partial charge on any atom is 0.339 e. The van der Waals surface area contributed by atoms with Gasteiger partial charge >= 0.3 is 5.97 Å². The number of aromatic nitrogens is 1. The number of carbonyl (C=O) groups excluding carboxylic acids is 1. The van der Waals surface area contributed by atoms with Crippen LogP contribution in [0.4, 0.5) is 21.6 Å². The molecule has 2 heterocycles. The van der Waals surface area contributed by atoms with Crippen molar-refractivity contribution >= 4 is 45.0 Å². The minimum absolute atomic E-state index is 0.0221. The van der Waals surface area contributed by atoms with Crippen molar-refractivity contribution in [2.75, 3.05) is 41.3 Å². The highest BCUT2D eigenvalue weighted by atomic mass is 79.9. The SMILES string of the molecule is O=C(Nc1cnc(N2CCN(c3ccc(F)cc3)CC2)c(C(=O)O)c1)c1ccc(Br)cc1. The average molecular weight is 499 g/mol. The molecule has 0 unspecified atom stereocenters. The number of piperazine rings is 1. The van der Waals surface area contributed by atoms with Gasteiger partial charge in [0.15, 0.2) is 0 Å². The Morgan fingerprint density at radius 1 is 0.969 bits per heavy atom. The van der Waals surface area contributed by atoms with Gasteiger partial charge in [0.2, 0.25) is 0 Å². The van der Waals surface area contributed by atoms with E-state index in [0.29, 0.717) is 43.2 Å². The van der Waals surface area contributed by atoms with Crippen LogP contribution in [0.2, 0.25) is 0 Å². The first kappa shape index (κ1) is 21.8. The number of carbonyl (C=O) groups is 2. The molecule has 1 saturated heterocycles. The summed E-state index contributed by atoms with van der Waals surface area (Å²) in [7, 11) is 0. The van der Waals surface area contributed by atoms with Crippen LogP contribution in [0.25, 0.3) is 0 Å². The third-order valence-corrected chi connectivity index (χ3v) is 5.76. The van der Waals surface area contributed by atoms with Crippen molar-refractivity contribution in [3.8, 4) is 0 Å². The summed E-state index contributed by atoms with van der Waals surface area (Å²) in [6.45, 7) is 2.42. The first-order chi connectivity index (χ1) is 15.4. The van der Waals surface area contributed by atoms with Crippen LogP contribution in [0.1, 0.15) is 20.7 Å². The molecule has 2 N–H and O–H groups in total. The van der Waals surface area contributed by atoms with Gasteiger partial charge in [0.25, 0.3) is 5.91 Å². The molecule has 2 aromatic carbocycles. The summed E-state index contributed by atoms with van der Waals surface area (Å²) in [6.07, 6.45) is 1.46. The second-order valence-corrected chi connectivity index (χ2v) is 8.23. The van der Waals surface area contributed by atoms with E-state index in [9.17, 15) is 19.1 Å². The number of amides is 1. The summed E-state index contributed by atoms with van der Waals surface area (Å²) < 4.78 is 14.0. The van der Waals surface area contributed by atoms with Crippen molar-refractivity contribution in [1.82, 2.24) is 4.98 Å². The molecule has 9 heteroatoms. The predicted molar refractivity (Wildman–Crippen MR) is 124 cm³/mol. The normalized spacial score (nSPS) is 13.7. The van der Waals surface area contributed by atoms with E-state index in [1.165, 1.54) is 24.4 Å². The zero-order chi connectivity index (χ0) is 22.7. The van der Waals surface area contributed by atoms with Crippen molar-refractivity contribution in [2.45, 2.75) is 0 Å². The van der Waals surface area contributed by atoms with E-state index in [0.717, 1.165) is 10.2 Å². The Balaban J connectivity index is 1.47. The van der Waals surface area contributed by atoms with Gasteiger partial charge in [-0.2, -0.15) is 0 Å². The standard InChI is InChI=1S/C23H20BrFN4O3/c24-16-3-1-15(2-4-16)22(30)27-18-13-20(23(31)32)21(26-14-18)29-11-9-28(10-12-29)19-7-5-17(25)6-8-19/h1-8,13-14H,9-12H2,(H,27,30)(H,31,32). The Hall–Kier alpha value is -3.46. The third kappa shape index (κ3) is 4.88. The number of halogens is 2. The largest absolute Gasteiger partial charge is 0.478 e. The number of rotatable bonds is 5. The molecule has 1 aromatic heterocycles. The minimum Gasteiger partial charge on any atom is -0.478 e. The molecule has 4 rings (SSSR count). The quantitative estimate of drug-likeness (QED) is 0.546. The van der Waals surface area contributed by atoms with Crippen LogP contribution >= 0.6 is 15.9 Å². The number of carboxylic acids is 1. The van der Waals surface area contributed by atoms with Crippen molar-refractivity contribution in [1.29, 1.82) is 0 Å². The van der Waals surface area contributed by atoms with E-state index >= 15 is 0 Å². The fourth-order valence-electron chi connectivity index (χ4n) is 3.57. The number of hydrogen-bond donors (Lipinski definition) is 2. The van der Waals surface area contributed by atoms with Crippen molar-refractivity contribution < 1.29 is 19.1 Å². The molecule has 1 fully saturated rings. The van der Waals surface area contributed by atoms with E-state index in [2.05, 4.69) is 31.1 Å². The van der Waals surface area contributed by atoms with Crippen molar-refractivity contribution in [3.05, 3.63) is 82.2 Å². The van der Waals surface area contributed by atoms with Crippen LogP contribution in [0.15, 0.2) is 65.3 Å². The van der Waals surface area contributed by atoms with Crippen LogP contribution in [0.3, 0.4) is 0 Å². The van der Waals surface area contributed by atoms with E-state index in [1.54, 1.807) is 36.4 Å². The van der Waals surface area contributed by atoms with Crippen LogP contribution in [0.5, 0.6) is 0 Å². The molecule has 7 nitrogen and oxygen atoms in total. The molecule has 32 heavy (non-hydrogen) atoms. The third-order valence-electron chi connectivity index (χ3n) is 5.23. The van der Waals surface area contributed by atoms with Gasteiger partial charge in [-0.15, -0.1) is 0 Å². The van der Waals surface area contributed by atoms with E-state index in [4.69, 9.17) is 0 Å². The fourth-order valence-corrected chi connectivity index (χ4v) is 3.83. The number of nitrogens with zero attached hydrogens (tertiary/aromatic N) is 3. The van der Waals surface area contributed by atoms with Gasteiger partial charge in [0.1, 0.15) is 17.2 Å². The van der Waals surface area contributed by atoms with Gasteiger partial charge in [-0.3, -0.25) is 4.79 Å². The monoisotopic (exact) mass is 498 g/mol. The number of carboxylic acid groups (broad SMARTS) is 1. The zero-order valence-electron chi connectivity index (χ0n) is 17.0. The summed E-state index contributed by atoms with van der Waals surface area (Å²) >= 11 is 3.32. The number of benzene rings is 2. The summed E-state index contributed by atoms with van der Waals surface area (Å²) in [6, 6.07) is 14.6. The van der Waals surface area contributed by atoms with E-state index in [1.807, 2.05) is 4.90 Å². The number of nitrogens with one attached hydrogen (secondary N) is 1. The molecule has 0 bridgehead atoms. The molecule has 0 atom stereocenters. The number of aromatic carboxylic acids is 1. The zero-order valence-corrected chi connectivity index (χ0v) is 18.5. The lowest BCUT2D eigenvalue weighted by molar-refractivity contribution is 0.0696. The molecule has 1 amide bonds. The van der Waals surface area contributed by atoms with Crippen LogP contribution in [-0.2, 0) is 0 Å². The molecule has 0 radical (unpaired) electrons. The summed E-state index contributed by atoms with van der Waals surface area (Å²) in [4.78, 5) is 32.7. The minimum atomic E-state index is -1.12. The van der Waals surface area contributed by atoms with Gasteiger partial charge in [0, 0.05) is 41.9 Å². The second kappa shape index (κ2) is 9.35. The lowest BCUT2D eigenvalue weighted by atomic mass is 10.1. The Bertz CT molecular complexity index is 1130. The Morgan fingerprint density at radius 2 is 1.59 bits per heavy atom. The highest BCUT2D eigenvalue weighted by Crippen LogP contribution is 2.25. The number of anilines is 3. The first-order valence-corrected chi connectivity index (χ1v) is 10.8. The lowest BCUT2D eigenvalue weighted by Gasteiger charge is -2.37. The molecule has 3 aromatic rings. The second-order valence-electron chi connectivity index (χ2n) is 7.31. The van der Waals surface area contributed by atoms with Gasteiger partial charge in [0.05, 0.1) is 11.9 Å². The summed E-state index contributed by atoms with van der Waals surface area (Å²) in [5.74, 6) is -1.39. The van der Waals surface area contributed by atoms with Crippen LogP contribution in [0, 0.1) is 5.82 Å². The molecule has 0 aliphatic carbocycles. The molecule has 1 aliphatic heterocycles. The Kier molecular flexibility index (Phi) is 6.36. The molecule has 0 saturated carbocycles. The molecule has 0 spiro atoms. The molecule has 164 valence electrons. The highest BCUT2D eigenvalue weighted by molar-refractivity contribution is 9.10. The maximum absolute atomic E-state index is 13.2. The molecule has 1 aliphatic rings. The molecular formula is C23H20BrFN4O3. The lowest BCUT2D eigenvalue weighted by Crippen LogP contribution is -2.47. The maximum atomic E-state index is 13.2. The summed E-state index contributed by atoms with van der Waals surface area (Å²) in [5.41, 5.74) is 1.70. The fraction of sp³-hybridized carbons (Fsp3) is 0.174. The Labute approximate surface area is 192 Å². The van der Waals surface area contributed by atoms with Gasteiger partial charge < -0.3 is 20.2 Å². The smallest absolute Gasteiger partial charge is 0.339 e. The predicted octanol–water partition coefficient (Wildman–Crippen LogP) is 4.26. The van der Waals surface area contributed by atoms with E-state index < -0.39 is 5.97 Å². The molecular weight excluding hydrogens is 479 g/mol. The van der Waals surface area contributed by atoms with Crippen molar-refractivity contribution in [3.63, 3.8) is 0 Å². The van der Waals surface area contributed by atoms with E-state index in [-0.39, 0.29) is 17.3 Å². The van der Waals surface area contributed by atoms with Gasteiger partial charge in [-0.1, -0.05) is 15.9 Å². The first-order valence-electron chi connectivity index (χ1n) is 9.96. The topological polar surface area (TPSA) is 85.8 Å². The van der Waals surface area contributed by atoms with Crippen LogP contribution in [-0.4, -0.2) is 48.1 Å². The summed E-state index contributed by atoms with van der Waals surface area (Å²) in [5, 5.41) is 12.4. The Morgan fingerprint density at radius 3 is 2.22 bits per heavy atom. The number of hydrogen-bond acceptors (Lipinski definition) is 5. The number of pyridine rings is 1. The van der Waals surface area contributed by atoms with Crippen molar-refractivity contribution in [2.24, 2.45) is 0 Å². The van der Waals surface area contributed by atoms with Gasteiger partial charge in [-0.05, 0) is 54.6 Å². The van der Waals surface area contributed by atoms with Crippen LogP contribution < -0.4 is 15.1 Å². The highest BCUT2D eigenvalue weighted by Gasteiger charge is 2.23. The van der Waals surface area contributed by atoms with Gasteiger partial charge in [-0.25, -0.2) is 14.2 Å². The average Bonchev–Trinajstić information content (AvgIpc) is 2.80.